The molecule has 0 heterocycles. The van der Waals surface area contributed by atoms with Gasteiger partial charge in [0.05, 0.1) is 30.7 Å². The summed E-state index contributed by atoms with van der Waals surface area (Å²) in [4.78, 5) is 24.5. The third-order valence-electron chi connectivity index (χ3n) is 6.23. The van der Waals surface area contributed by atoms with Gasteiger partial charge in [0.1, 0.15) is 6.10 Å². The van der Waals surface area contributed by atoms with E-state index in [0.29, 0.717) is 44.6 Å². The summed E-state index contributed by atoms with van der Waals surface area (Å²) in [6.07, 6.45) is -1.86. The van der Waals surface area contributed by atoms with Crippen LogP contribution in [0.2, 0.25) is 6.04 Å². The highest BCUT2D eigenvalue weighted by Crippen LogP contribution is 2.25. The quantitative estimate of drug-likeness (QED) is 0.106. The maximum Gasteiger partial charge on any atom is 0.500 e. The van der Waals surface area contributed by atoms with Crippen LogP contribution in [-0.4, -0.2) is 85.4 Å². The van der Waals surface area contributed by atoms with Gasteiger partial charge >= 0.3 is 20.7 Å². The summed E-state index contributed by atoms with van der Waals surface area (Å²) in [6.45, 7) is 14.5. The Balaban J connectivity index is 5.17. The van der Waals surface area contributed by atoms with Crippen molar-refractivity contribution in [3.8, 4) is 0 Å². The minimum Gasteiger partial charge on any atom is -0.481 e. The van der Waals surface area contributed by atoms with Crippen LogP contribution in [0.1, 0.15) is 93.4 Å². The summed E-state index contributed by atoms with van der Waals surface area (Å²) < 4.78 is 23.2. The highest BCUT2D eigenvalue weighted by Gasteiger charge is 2.40. The Morgan fingerprint density at radius 1 is 0.763 bits per heavy atom. The number of rotatable bonds is 23. The van der Waals surface area contributed by atoms with E-state index in [4.69, 9.17) is 18.0 Å². The summed E-state index contributed by atoms with van der Waals surface area (Å²) in [7, 11) is -2.92. The SMILES string of the molecule is CCO[Si](CCCC(CC(=O)O)C(=O)OC(CC(O)CC(O)CC(O)CC(C)C)C(C)C)(OCC)OCC. The summed E-state index contributed by atoms with van der Waals surface area (Å²) in [6, 6.07) is 0.457. The first kappa shape index (κ1) is 36.9. The standard InChI is InChI=1S/C27H54O10Si/c1-8-34-38(35-9-2,36-10-3)13-11-12-21(15-26(31)32)27(33)37-25(20(6)7)18-24(30)17-23(29)16-22(28)14-19(4)5/h19-25,28-30H,8-18H2,1-7H3,(H,31,32). The summed E-state index contributed by atoms with van der Waals surface area (Å²) >= 11 is 0. The van der Waals surface area contributed by atoms with E-state index in [1.165, 1.54) is 0 Å². The number of aliphatic hydroxyl groups is 3. The average molecular weight is 567 g/mol. The molecular weight excluding hydrogens is 512 g/mol. The highest BCUT2D eigenvalue weighted by atomic mass is 28.4. The second kappa shape index (κ2) is 19.9. The molecule has 0 bridgehead atoms. The smallest absolute Gasteiger partial charge is 0.481 e. The van der Waals surface area contributed by atoms with Gasteiger partial charge < -0.3 is 38.4 Å². The topological polar surface area (TPSA) is 152 Å². The predicted molar refractivity (Wildman–Crippen MR) is 146 cm³/mol. The Hall–Kier alpha value is -1.08. The van der Waals surface area contributed by atoms with Crippen LogP contribution in [0.4, 0.5) is 0 Å². The molecule has 5 atom stereocenters. The Kier molecular flexibility index (Phi) is 19.3. The van der Waals surface area contributed by atoms with Crippen molar-refractivity contribution in [3.05, 3.63) is 0 Å². The lowest BCUT2D eigenvalue weighted by molar-refractivity contribution is -0.161. The minimum absolute atomic E-state index is 0.0491. The third-order valence-corrected chi connectivity index (χ3v) is 9.38. The van der Waals surface area contributed by atoms with Crippen molar-refractivity contribution < 1.29 is 48.0 Å². The first-order chi connectivity index (χ1) is 17.8. The molecule has 0 saturated carbocycles. The van der Waals surface area contributed by atoms with Crippen molar-refractivity contribution >= 4 is 20.7 Å². The van der Waals surface area contributed by atoms with Crippen LogP contribution in [0.15, 0.2) is 0 Å². The molecule has 0 spiro atoms. The number of hydrogen-bond acceptors (Lipinski definition) is 9. The van der Waals surface area contributed by atoms with E-state index in [1.54, 1.807) is 0 Å². The van der Waals surface area contributed by atoms with Crippen LogP contribution in [0.25, 0.3) is 0 Å². The number of carbonyl (C=O) groups excluding carboxylic acids is 1. The first-order valence-electron chi connectivity index (χ1n) is 14.2. The molecule has 0 radical (unpaired) electrons. The predicted octanol–water partition coefficient (Wildman–Crippen LogP) is 3.77. The number of ether oxygens (including phenoxy) is 1. The van der Waals surface area contributed by atoms with Crippen molar-refractivity contribution in [2.24, 2.45) is 17.8 Å². The van der Waals surface area contributed by atoms with Crippen LogP contribution < -0.4 is 0 Å². The average Bonchev–Trinajstić information content (AvgIpc) is 2.77. The lowest BCUT2D eigenvalue weighted by Crippen LogP contribution is -2.46. The molecular formula is C27H54O10Si. The molecule has 0 rings (SSSR count). The van der Waals surface area contributed by atoms with Gasteiger partial charge in [0, 0.05) is 32.3 Å². The molecule has 11 heteroatoms. The number of carboxylic acids is 1. The van der Waals surface area contributed by atoms with Crippen molar-refractivity contribution in [3.63, 3.8) is 0 Å². The normalized spacial score (nSPS) is 16.3. The number of carboxylic acid groups (broad SMARTS) is 1. The number of carbonyl (C=O) groups is 2. The van der Waals surface area contributed by atoms with E-state index in [1.807, 2.05) is 48.5 Å². The van der Waals surface area contributed by atoms with Gasteiger partial charge in [-0.3, -0.25) is 9.59 Å². The van der Waals surface area contributed by atoms with Crippen molar-refractivity contribution in [2.75, 3.05) is 19.8 Å². The molecule has 0 aromatic rings. The van der Waals surface area contributed by atoms with E-state index in [9.17, 15) is 30.0 Å². The van der Waals surface area contributed by atoms with Crippen molar-refractivity contribution in [2.45, 2.75) is 124 Å². The molecule has 0 aromatic carbocycles. The van der Waals surface area contributed by atoms with Crippen LogP contribution >= 0.6 is 0 Å². The Morgan fingerprint density at radius 3 is 1.66 bits per heavy atom. The third kappa shape index (κ3) is 16.1. The lowest BCUT2D eigenvalue weighted by atomic mass is 9.94. The summed E-state index contributed by atoms with van der Waals surface area (Å²) in [5.74, 6) is -2.42. The van der Waals surface area contributed by atoms with Gasteiger partial charge in [-0.2, -0.15) is 0 Å². The number of esters is 1. The second-order valence-electron chi connectivity index (χ2n) is 10.7. The number of hydrogen-bond donors (Lipinski definition) is 4. The number of aliphatic hydroxyl groups excluding tert-OH is 3. The fraction of sp³-hybridized carbons (Fsp3) is 0.926. The molecule has 0 aromatic heterocycles. The Bertz CT molecular complexity index is 628. The zero-order valence-electron chi connectivity index (χ0n) is 24.6. The summed E-state index contributed by atoms with van der Waals surface area (Å²) in [5.41, 5.74) is 0. The zero-order valence-corrected chi connectivity index (χ0v) is 25.6. The molecule has 4 N–H and O–H groups in total. The molecule has 0 fully saturated rings. The lowest BCUT2D eigenvalue weighted by Gasteiger charge is -2.29. The van der Waals surface area contributed by atoms with Crippen molar-refractivity contribution in [1.29, 1.82) is 0 Å². The van der Waals surface area contributed by atoms with Gasteiger partial charge in [0.25, 0.3) is 0 Å². The molecule has 5 unspecified atom stereocenters. The molecule has 0 saturated heterocycles. The van der Waals surface area contributed by atoms with E-state index < -0.39 is 51.1 Å². The van der Waals surface area contributed by atoms with E-state index >= 15 is 0 Å². The van der Waals surface area contributed by atoms with E-state index in [-0.39, 0.29) is 38.0 Å². The monoisotopic (exact) mass is 566 g/mol. The molecule has 0 aliphatic heterocycles. The van der Waals surface area contributed by atoms with E-state index in [0.717, 1.165) is 0 Å². The summed E-state index contributed by atoms with van der Waals surface area (Å²) in [5, 5.41) is 40.3. The van der Waals surface area contributed by atoms with Gasteiger partial charge in [-0.1, -0.05) is 27.7 Å². The van der Waals surface area contributed by atoms with Gasteiger partial charge in [-0.15, -0.1) is 0 Å². The molecule has 226 valence electrons. The molecule has 0 amide bonds. The molecule has 10 nitrogen and oxygen atoms in total. The second-order valence-corrected chi connectivity index (χ2v) is 13.4. The van der Waals surface area contributed by atoms with Crippen LogP contribution in [-0.2, 0) is 27.6 Å². The largest absolute Gasteiger partial charge is 0.500 e. The maximum absolute atomic E-state index is 13.0. The van der Waals surface area contributed by atoms with Gasteiger partial charge in [-0.05, 0) is 64.7 Å². The maximum atomic E-state index is 13.0. The fourth-order valence-electron chi connectivity index (χ4n) is 4.51. The van der Waals surface area contributed by atoms with Crippen molar-refractivity contribution in [1.82, 2.24) is 0 Å². The number of aliphatic carboxylic acids is 1. The van der Waals surface area contributed by atoms with Gasteiger partial charge in [0.15, 0.2) is 0 Å². The molecule has 38 heavy (non-hydrogen) atoms. The van der Waals surface area contributed by atoms with Crippen LogP contribution in [0, 0.1) is 17.8 Å². The first-order valence-corrected chi connectivity index (χ1v) is 16.1. The van der Waals surface area contributed by atoms with Crippen LogP contribution in [0.5, 0.6) is 0 Å². The highest BCUT2D eigenvalue weighted by molar-refractivity contribution is 6.60. The minimum atomic E-state index is -2.92. The van der Waals surface area contributed by atoms with Gasteiger partial charge in [-0.25, -0.2) is 0 Å². The zero-order chi connectivity index (χ0) is 29.3. The fourth-order valence-corrected chi connectivity index (χ4v) is 7.15. The molecule has 0 aliphatic carbocycles. The van der Waals surface area contributed by atoms with Gasteiger partial charge in [0.2, 0.25) is 0 Å². The molecule has 0 aliphatic rings. The van der Waals surface area contributed by atoms with Crippen LogP contribution in [0.3, 0.4) is 0 Å². The van der Waals surface area contributed by atoms with E-state index in [2.05, 4.69) is 0 Å². The Morgan fingerprint density at radius 2 is 1.24 bits per heavy atom. The Labute approximate surface area is 230 Å².